The molecule has 7 nitrogen and oxygen atoms in total. The van der Waals surface area contributed by atoms with Gasteiger partial charge in [0.2, 0.25) is 0 Å². The van der Waals surface area contributed by atoms with Gasteiger partial charge in [-0.05, 0) is 29.8 Å². The fraction of sp³-hybridized carbons (Fsp3) is 0.0500. The average molecular weight is 395 g/mol. The van der Waals surface area contributed by atoms with E-state index in [2.05, 4.69) is 32.2 Å². The Morgan fingerprint density at radius 2 is 2.07 bits per heavy atom. The molecule has 2 aromatic heterocycles. The number of benzene rings is 1. The Kier molecular flexibility index (Phi) is 6.10. The van der Waals surface area contributed by atoms with E-state index < -0.39 is 18.2 Å². The molecular weight excluding hydrogens is 376 g/mol. The predicted molar refractivity (Wildman–Crippen MR) is 111 cm³/mol. The second-order valence-electron chi connectivity index (χ2n) is 5.99. The van der Waals surface area contributed by atoms with Crippen LogP contribution in [0.5, 0.6) is 0 Å². The molecule has 0 unspecified atom stereocenters. The lowest BCUT2D eigenvalue weighted by molar-refractivity contribution is 0.542. The number of aliphatic imine (C=N–C) groups is 1. The summed E-state index contributed by atoms with van der Waals surface area (Å²) in [5.41, 5.74) is 11.2. The standard InChI is InChI=1S/C20H19F2N7/c1-2-3-4-16(21)17(22)11-26-20(28-24)15-8-13(9-25-19(15)23)12-5-6-18-14(7-12)10-27-29-18/h2-10H,1,11,24H2,(H2,23,25)(H,26,28)(H,27,29)/b4-3-,17-16-. The normalized spacial score (nSPS) is 13.0. The summed E-state index contributed by atoms with van der Waals surface area (Å²) in [6.07, 6.45) is 6.89. The third-order valence-corrected chi connectivity index (χ3v) is 4.10. The van der Waals surface area contributed by atoms with Crippen LogP contribution in [-0.2, 0) is 0 Å². The van der Waals surface area contributed by atoms with E-state index in [0.717, 1.165) is 28.1 Å². The van der Waals surface area contributed by atoms with Crippen LogP contribution in [0.15, 0.2) is 78.1 Å². The molecule has 3 aromatic rings. The van der Waals surface area contributed by atoms with Gasteiger partial charge >= 0.3 is 0 Å². The molecule has 0 saturated heterocycles. The molecule has 3 rings (SSSR count). The first-order chi connectivity index (χ1) is 14.0. The van der Waals surface area contributed by atoms with Crippen LogP contribution in [0.3, 0.4) is 0 Å². The fourth-order valence-electron chi connectivity index (χ4n) is 2.62. The maximum Gasteiger partial charge on any atom is 0.157 e. The van der Waals surface area contributed by atoms with E-state index >= 15 is 0 Å². The number of aromatic amines is 1. The van der Waals surface area contributed by atoms with Crippen LogP contribution < -0.4 is 17.0 Å². The summed E-state index contributed by atoms with van der Waals surface area (Å²) in [4.78, 5) is 8.16. The Morgan fingerprint density at radius 3 is 2.83 bits per heavy atom. The number of nitrogen functional groups attached to an aromatic ring is 1. The van der Waals surface area contributed by atoms with Gasteiger partial charge in [0, 0.05) is 17.1 Å². The SMILES string of the molecule is C=C/C=C\C(F)=C(\F)CN=C(NN)c1cc(-c2ccc3[nH]ncc3c2)cnc1N. The maximum atomic E-state index is 13.9. The largest absolute Gasteiger partial charge is 0.383 e. The first-order valence-electron chi connectivity index (χ1n) is 8.57. The Bertz CT molecular complexity index is 1130. The van der Waals surface area contributed by atoms with Crippen molar-refractivity contribution in [1.82, 2.24) is 20.6 Å². The quantitative estimate of drug-likeness (QED) is 0.168. The maximum absolute atomic E-state index is 13.9. The van der Waals surface area contributed by atoms with E-state index in [-0.39, 0.29) is 11.7 Å². The van der Waals surface area contributed by atoms with Crippen LogP contribution in [0.2, 0.25) is 0 Å². The van der Waals surface area contributed by atoms with E-state index in [4.69, 9.17) is 11.6 Å². The van der Waals surface area contributed by atoms with Crippen molar-refractivity contribution in [2.24, 2.45) is 10.8 Å². The molecule has 0 aliphatic carbocycles. The molecule has 29 heavy (non-hydrogen) atoms. The van der Waals surface area contributed by atoms with Gasteiger partial charge in [-0.3, -0.25) is 10.1 Å². The summed E-state index contributed by atoms with van der Waals surface area (Å²) < 4.78 is 27.5. The number of allylic oxidation sites excluding steroid dienone is 4. The molecular formula is C20H19F2N7. The van der Waals surface area contributed by atoms with E-state index in [1.165, 1.54) is 12.2 Å². The van der Waals surface area contributed by atoms with Crippen molar-refractivity contribution < 1.29 is 8.78 Å². The smallest absolute Gasteiger partial charge is 0.157 e. The highest BCUT2D eigenvalue weighted by molar-refractivity contribution is 6.03. The third-order valence-electron chi connectivity index (χ3n) is 4.10. The first-order valence-corrected chi connectivity index (χ1v) is 8.57. The number of rotatable bonds is 6. The molecule has 1 aromatic carbocycles. The number of aromatic nitrogens is 3. The number of nitrogens with one attached hydrogen (secondary N) is 2. The van der Waals surface area contributed by atoms with Gasteiger partial charge in [-0.15, -0.1) is 0 Å². The van der Waals surface area contributed by atoms with Gasteiger partial charge in [0.1, 0.15) is 11.7 Å². The fourth-order valence-corrected chi connectivity index (χ4v) is 2.62. The van der Waals surface area contributed by atoms with Crippen LogP contribution in [0.25, 0.3) is 22.0 Å². The number of hydrogen-bond acceptors (Lipinski definition) is 5. The minimum absolute atomic E-state index is 0.0805. The van der Waals surface area contributed by atoms with Crippen molar-refractivity contribution in [3.8, 4) is 11.1 Å². The molecule has 148 valence electrons. The topological polar surface area (TPSA) is 118 Å². The molecule has 0 aliphatic heterocycles. The van der Waals surface area contributed by atoms with Crippen LogP contribution in [0, 0.1) is 0 Å². The van der Waals surface area contributed by atoms with Crippen LogP contribution in [0.1, 0.15) is 5.56 Å². The zero-order valence-electron chi connectivity index (χ0n) is 15.4. The van der Waals surface area contributed by atoms with Gasteiger partial charge in [0.05, 0.1) is 23.8 Å². The number of H-pyrrole nitrogens is 1. The van der Waals surface area contributed by atoms with Crippen molar-refractivity contribution in [3.63, 3.8) is 0 Å². The molecule has 0 radical (unpaired) electrons. The zero-order valence-corrected chi connectivity index (χ0v) is 15.4. The molecule has 0 bridgehead atoms. The van der Waals surface area contributed by atoms with Crippen molar-refractivity contribution in [1.29, 1.82) is 0 Å². The van der Waals surface area contributed by atoms with Gasteiger partial charge in [0.25, 0.3) is 0 Å². The molecule has 6 N–H and O–H groups in total. The summed E-state index contributed by atoms with van der Waals surface area (Å²) >= 11 is 0. The highest BCUT2D eigenvalue weighted by Gasteiger charge is 2.12. The molecule has 0 amide bonds. The Morgan fingerprint density at radius 1 is 1.24 bits per heavy atom. The zero-order chi connectivity index (χ0) is 20.8. The Hall–Kier alpha value is -3.85. The minimum Gasteiger partial charge on any atom is -0.383 e. The number of pyridine rings is 1. The molecule has 2 heterocycles. The number of halogens is 2. The molecule has 0 atom stereocenters. The van der Waals surface area contributed by atoms with Crippen LogP contribution >= 0.6 is 0 Å². The summed E-state index contributed by atoms with van der Waals surface area (Å²) in [5, 5.41) is 7.81. The second-order valence-corrected chi connectivity index (χ2v) is 5.99. The number of hydrazine groups is 1. The average Bonchev–Trinajstić information content (AvgIpc) is 3.21. The van der Waals surface area contributed by atoms with Crippen molar-refractivity contribution in [3.05, 3.63) is 78.7 Å². The second kappa shape index (κ2) is 8.89. The third kappa shape index (κ3) is 4.53. The Balaban J connectivity index is 1.94. The van der Waals surface area contributed by atoms with E-state index in [1.807, 2.05) is 18.2 Å². The number of fused-ring (bicyclic) bond motifs is 1. The van der Waals surface area contributed by atoms with E-state index in [0.29, 0.717) is 5.56 Å². The number of anilines is 1. The van der Waals surface area contributed by atoms with Gasteiger partial charge in [0.15, 0.2) is 11.7 Å². The number of hydrogen-bond donors (Lipinski definition) is 4. The van der Waals surface area contributed by atoms with E-state index in [1.54, 1.807) is 18.5 Å². The van der Waals surface area contributed by atoms with Gasteiger partial charge in [-0.1, -0.05) is 24.8 Å². The highest BCUT2D eigenvalue weighted by Crippen LogP contribution is 2.25. The first kappa shape index (κ1) is 19.9. The summed E-state index contributed by atoms with van der Waals surface area (Å²) in [7, 11) is 0. The predicted octanol–water partition coefficient (Wildman–Crippen LogP) is 3.31. The van der Waals surface area contributed by atoms with Crippen molar-refractivity contribution in [2.75, 3.05) is 12.3 Å². The Labute approximate surface area is 165 Å². The number of nitrogens with zero attached hydrogens (tertiary/aromatic N) is 3. The molecule has 9 heteroatoms. The summed E-state index contributed by atoms with van der Waals surface area (Å²) in [6.45, 7) is 2.84. The van der Waals surface area contributed by atoms with Crippen molar-refractivity contribution in [2.45, 2.75) is 0 Å². The van der Waals surface area contributed by atoms with Crippen LogP contribution in [-0.4, -0.2) is 27.6 Å². The lowest BCUT2D eigenvalue weighted by Gasteiger charge is -2.11. The molecule has 0 fully saturated rings. The number of amidine groups is 1. The van der Waals surface area contributed by atoms with E-state index in [9.17, 15) is 8.78 Å². The van der Waals surface area contributed by atoms with Crippen LogP contribution in [0.4, 0.5) is 14.6 Å². The minimum atomic E-state index is -1.05. The van der Waals surface area contributed by atoms with Gasteiger partial charge in [-0.2, -0.15) is 5.10 Å². The highest BCUT2D eigenvalue weighted by atomic mass is 19.2. The monoisotopic (exact) mass is 395 g/mol. The van der Waals surface area contributed by atoms with Crippen molar-refractivity contribution >= 4 is 22.6 Å². The molecule has 0 aliphatic rings. The number of nitrogens with two attached hydrogens (primary N) is 2. The lowest BCUT2D eigenvalue weighted by atomic mass is 10.0. The summed E-state index contributed by atoms with van der Waals surface area (Å²) in [5.74, 6) is 3.66. The van der Waals surface area contributed by atoms with Gasteiger partial charge < -0.3 is 11.2 Å². The molecule has 0 saturated carbocycles. The lowest BCUT2D eigenvalue weighted by Crippen LogP contribution is -2.32. The molecule has 0 spiro atoms. The van der Waals surface area contributed by atoms with Gasteiger partial charge in [-0.25, -0.2) is 19.6 Å². The summed E-state index contributed by atoms with van der Waals surface area (Å²) in [6, 6.07) is 7.45.